The van der Waals surface area contributed by atoms with E-state index in [1.165, 1.54) is 42.5 Å². The molecule has 0 spiro atoms. The lowest BCUT2D eigenvalue weighted by Crippen LogP contribution is -2.21. The number of benzene rings is 2. The fraction of sp³-hybridized carbons (Fsp3) is 0.0667. The van der Waals surface area contributed by atoms with Crippen LogP contribution in [0, 0.1) is 5.82 Å². The van der Waals surface area contributed by atoms with Crippen molar-refractivity contribution in [3.05, 3.63) is 59.9 Å². The highest BCUT2D eigenvalue weighted by Gasteiger charge is 2.14. The second-order valence-corrected chi connectivity index (χ2v) is 6.23. The van der Waals surface area contributed by atoms with E-state index in [2.05, 4.69) is 5.32 Å². The Kier molecular flexibility index (Phi) is 5.27. The first-order valence-corrected chi connectivity index (χ1v) is 8.16. The van der Waals surface area contributed by atoms with Gasteiger partial charge in [-0.1, -0.05) is 12.1 Å². The molecule has 0 fully saturated rings. The minimum Gasteiger partial charge on any atom is -0.452 e. The molecule has 0 bridgehead atoms. The monoisotopic (exact) mass is 352 g/mol. The number of rotatable bonds is 5. The van der Waals surface area contributed by atoms with Gasteiger partial charge in [-0.05, 0) is 36.4 Å². The normalized spacial score (nSPS) is 10.9. The molecule has 126 valence electrons. The van der Waals surface area contributed by atoms with Crippen molar-refractivity contribution >= 4 is 27.6 Å². The molecule has 2 aromatic rings. The highest BCUT2D eigenvalue weighted by Crippen LogP contribution is 2.13. The van der Waals surface area contributed by atoms with Gasteiger partial charge in [-0.25, -0.2) is 22.7 Å². The van der Waals surface area contributed by atoms with Gasteiger partial charge in [0.25, 0.3) is 5.91 Å². The number of hydrogen-bond donors (Lipinski definition) is 2. The zero-order valence-corrected chi connectivity index (χ0v) is 13.0. The van der Waals surface area contributed by atoms with Gasteiger partial charge in [-0.3, -0.25) is 4.79 Å². The molecular weight excluding hydrogens is 339 g/mol. The highest BCUT2D eigenvalue weighted by atomic mass is 32.2. The average molecular weight is 352 g/mol. The van der Waals surface area contributed by atoms with Crippen molar-refractivity contribution in [2.75, 3.05) is 11.9 Å². The van der Waals surface area contributed by atoms with Crippen LogP contribution in [0.25, 0.3) is 0 Å². The second-order valence-electron chi connectivity index (χ2n) is 4.67. The third-order valence-electron chi connectivity index (χ3n) is 2.89. The quantitative estimate of drug-likeness (QED) is 0.786. The van der Waals surface area contributed by atoms with Crippen molar-refractivity contribution in [1.29, 1.82) is 0 Å². The molecule has 0 aliphatic rings. The van der Waals surface area contributed by atoms with E-state index in [4.69, 9.17) is 9.88 Å². The molecule has 1 amide bonds. The van der Waals surface area contributed by atoms with Crippen LogP contribution in [0.3, 0.4) is 0 Å². The Balaban J connectivity index is 1.92. The third-order valence-corrected chi connectivity index (χ3v) is 3.82. The van der Waals surface area contributed by atoms with E-state index in [1.807, 2.05) is 0 Å². The number of primary sulfonamides is 1. The Labute approximate surface area is 137 Å². The van der Waals surface area contributed by atoms with E-state index in [-0.39, 0.29) is 16.1 Å². The predicted octanol–water partition coefficient (Wildman–Crippen LogP) is 1.27. The number of carbonyl (C=O) groups excluding carboxylic acids is 2. The highest BCUT2D eigenvalue weighted by molar-refractivity contribution is 7.89. The van der Waals surface area contributed by atoms with Crippen molar-refractivity contribution < 1.29 is 27.1 Å². The summed E-state index contributed by atoms with van der Waals surface area (Å²) in [4.78, 5) is 23.2. The van der Waals surface area contributed by atoms with E-state index >= 15 is 0 Å². The zero-order valence-electron chi connectivity index (χ0n) is 12.2. The van der Waals surface area contributed by atoms with E-state index in [1.54, 1.807) is 0 Å². The summed E-state index contributed by atoms with van der Waals surface area (Å²) in [5.74, 6) is -2.38. The molecule has 9 heteroatoms. The number of esters is 1. The number of sulfonamides is 1. The standard InChI is InChI=1S/C15H13FN2O5S/c16-13-4-2-1-3-12(13)15(20)23-9-14(19)18-10-5-7-11(8-6-10)24(17,21)22/h1-8H,9H2,(H,18,19)(H2,17,21,22). The molecule has 0 saturated heterocycles. The summed E-state index contributed by atoms with van der Waals surface area (Å²) in [5, 5.41) is 7.35. The van der Waals surface area contributed by atoms with Crippen LogP contribution in [0.2, 0.25) is 0 Å². The minimum atomic E-state index is -3.82. The van der Waals surface area contributed by atoms with Crippen LogP contribution in [0.4, 0.5) is 10.1 Å². The lowest BCUT2D eigenvalue weighted by molar-refractivity contribution is -0.119. The minimum absolute atomic E-state index is 0.105. The maximum atomic E-state index is 13.4. The van der Waals surface area contributed by atoms with Gasteiger partial charge in [-0.2, -0.15) is 0 Å². The number of carbonyl (C=O) groups is 2. The number of ether oxygens (including phenoxy) is 1. The predicted molar refractivity (Wildman–Crippen MR) is 83.1 cm³/mol. The van der Waals surface area contributed by atoms with Gasteiger partial charge in [0.1, 0.15) is 5.82 Å². The molecule has 3 N–H and O–H groups in total. The van der Waals surface area contributed by atoms with Gasteiger partial charge in [0.05, 0.1) is 10.5 Å². The SMILES string of the molecule is NS(=O)(=O)c1ccc(NC(=O)COC(=O)c2ccccc2F)cc1. The molecule has 0 aliphatic carbocycles. The van der Waals surface area contributed by atoms with Crippen molar-refractivity contribution in [2.45, 2.75) is 4.90 Å². The average Bonchev–Trinajstić information content (AvgIpc) is 2.53. The van der Waals surface area contributed by atoms with E-state index in [0.717, 1.165) is 6.07 Å². The Hall–Kier alpha value is -2.78. The molecule has 2 rings (SSSR count). The molecule has 24 heavy (non-hydrogen) atoms. The summed E-state index contributed by atoms with van der Waals surface area (Å²) in [5.41, 5.74) is 0.0112. The van der Waals surface area contributed by atoms with Gasteiger partial charge in [0.2, 0.25) is 10.0 Å². The largest absolute Gasteiger partial charge is 0.452 e. The zero-order chi connectivity index (χ0) is 17.7. The summed E-state index contributed by atoms with van der Waals surface area (Å²) in [7, 11) is -3.82. The maximum Gasteiger partial charge on any atom is 0.341 e. The summed E-state index contributed by atoms with van der Waals surface area (Å²) < 4.78 is 40.3. The summed E-state index contributed by atoms with van der Waals surface area (Å²) in [6.07, 6.45) is 0. The van der Waals surface area contributed by atoms with E-state index in [9.17, 15) is 22.4 Å². The van der Waals surface area contributed by atoms with Crippen LogP contribution in [0.5, 0.6) is 0 Å². The smallest absolute Gasteiger partial charge is 0.341 e. The van der Waals surface area contributed by atoms with Gasteiger partial charge < -0.3 is 10.1 Å². The number of halogens is 1. The third kappa shape index (κ3) is 4.61. The second kappa shape index (κ2) is 7.20. The number of hydrogen-bond acceptors (Lipinski definition) is 5. The molecule has 0 aliphatic heterocycles. The van der Waals surface area contributed by atoms with Crippen molar-refractivity contribution in [3.63, 3.8) is 0 Å². The van der Waals surface area contributed by atoms with Crippen LogP contribution < -0.4 is 10.5 Å². The fourth-order valence-corrected chi connectivity index (χ4v) is 2.28. The molecule has 2 aromatic carbocycles. The van der Waals surface area contributed by atoms with Gasteiger partial charge in [0, 0.05) is 5.69 Å². The summed E-state index contributed by atoms with van der Waals surface area (Å²) in [6, 6.07) is 10.3. The van der Waals surface area contributed by atoms with Crippen LogP contribution in [0.15, 0.2) is 53.4 Å². The Bertz CT molecular complexity index is 866. The fourth-order valence-electron chi connectivity index (χ4n) is 1.76. The molecular formula is C15H13FN2O5S. The first kappa shape index (κ1) is 17.6. The first-order chi connectivity index (χ1) is 11.3. The molecule has 0 atom stereocenters. The Morgan fingerprint density at radius 2 is 1.71 bits per heavy atom. The number of anilines is 1. The molecule has 7 nitrogen and oxygen atoms in total. The topological polar surface area (TPSA) is 116 Å². The van der Waals surface area contributed by atoms with E-state index < -0.39 is 34.3 Å². The van der Waals surface area contributed by atoms with Crippen LogP contribution >= 0.6 is 0 Å². The number of nitrogens with one attached hydrogen (secondary N) is 1. The Morgan fingerprint density at radius 1 is 1.08 bits per heavy atom. The Morgan fingerprint density at radius 3 is 2.29 bits per heavy atom. The first-order valence-electron chi connectivity index (χ1n) is 6.62. The van der Waals surface area contributed by atoms with Crippen molar-refractivity contribution in [1.82, 2.24) is 0 Å². The van der Waals surface area contributed by atoms with Crippen LogP contribution in [-0.4, -0.2) is 26.9 Å². The molecule has 0 radical (unpaired) electrons. The summed E-state index contributed by atoms with van der Waals surface area (Å²) in [6.45, 7) is -0.621. The summed E-state index contributed by atoms with van der Waals surface area (Å²) >= 11 is 0. The van der Waals surface area contributed by atoms with E-state index in [0.29, 0.717) is 0 Å². The van der Waals surface area contributed by atoms with Crippen LogP contribution in [0.1, 0.15) is 10.4 Å². The van der Waals surface area contributed by atoms with Crippen LogP contribution in [-0.2, 0) is 19.6 Å². The molecule has 0 saturated carbocycles. The lowest BCUT2D eigenvalue weighted by atomic mass is 10.2. The van der Waals surface area contributed by atoms with Gasteiger partial charge in [-0.15, -0.1) is 0 Å². The van der Waals surface area contributed by atoms with Crippen molar-refractivity contribution in [2.24, 2.45) is 5.14 Å². The molecule has 0 heterocycles. The number of nitrogens with two attached hydrogens (primary N) is 1. The van der Waals surface area contributed by atoms with Crippen molar-refractivity contribution in [3.8, 4) is 0 Å². The molecule has 0 unspecified atom stereocenters. The maximum absolute atomic E-state index is 13.4. The van der Waals surface area contributed by atoms with Gasteiger partial charge >= 0.3 is 5.97 Å². The lowest BCUT2D eigenvalue weighted by Gasteiger charge is -2.07. The van der Waals surface area contributed by atoms with Gasteiger partial charge in [0.15, 0.2) is 6.61 Å². The molecule has 0 aromatic heterocycles. The number of amides is 1.